The molecule has 2 atom stereocenters. The van der Waals surface area contributed by atoms with Crippen LogP contribution in [0.5, 0.6) is 0 Å². The van der Waals surface area contributed by atoms with Gasteiger partial charge in [-0.3, -0.25) is 4.79 Å². The Labute approximate surface area is 116 Å². The monoisotopic (exact) mass is 291 g/mol. The molecule has 0 bridgehead atoms. The van der Waals surface area contributed by atoms with E-state index in [1.54, 1.807) is 12.1 Å². The Morgan fingerprint density at radius 3 is 2.61 bits per heavy atom. The molecule has 1 aromatic heterocycles. The second-order valence-electron chi connectivity index (χ2n) is 4.48. The zero-order chi connectivity index (χ0) is 13.7. The fourth-order valence-electron chi connectivity index (χ4n) is 1.32. The predicted octanol–water partition coefficient (Wildman–Crippen LogP) is 1.96. The van der Waals surface area contributed by atoms with Gasteiger partial charge in [0.05, 0.1) is 16.9 Å². The Bertz CT molecular complexity index is 394. The lowest BCUT2D eigenvalue weighted by molar-refractivity contribution is -0.124. The van der Waals surface area contributed by atoms with Crippen molar-refractivity contribution in [1.82, 2.24) is 5.32 Å². The number of amides is 1. The Hall–Kier alpha value is -0.620. The maximum atomic E-state index is 11.5. The number of aliphatic hydroxyl groups excluding tert-OH is 2. The van der Waals surface area contributed by atoms with Crippen molar-refractivity contribution in [2.24, 2.45) is 5.92 Å². The van der Waals surface area contributed by atoms with Gasteiger partial charge in [-0.15, -0.1) is 11.3 Å². The van der Waals surface area contributed by atoms with Crippen LogP contribution in [0.25, 0.3) is 0 Å². The first-order chi connectivity index (χ1) is 8.40. The molecule has 4 nitrogen and oxygen atoms in total. The minimum absolute atomic E-state index is 0.0387. The molecule has 0 aliphatic carbocycles. The summed E-state index contributed by atoms with van der Waals surface area (Å²) in [7, 11) is 0. The van der Waals surface area contributed by atoms with Crippen LogP contribution >= 0.6 is 22.9 Å². The second-order valence-corrected chi connectivity index (χ2v) is 6.22. The molecular formula is C12H18ClNO3S. The SMILES string of the molecule is CC(C)C(O)CC(=O)NCC(O)c1ccc(Cl)s1. The summed E-state index contributed by atoms with van der Waals surface area (Å²) in [6, 6.07) is 3.43. The number of aliphatic hydroxyl groups is 2. The Kier molecular flexibility index (Phi) is 6.08. The van der Waals surface area contributed by atoms with E-state index in [9.17, 15) is 15.0 Å². The van der Waals surface area contributed by atoms with Crippen molar-refractivity contribution in [2.75, 3.05) is 6.54 Å². The minimum atomic E-state index is -0.761. The number of hydrogen-bond donors (Lipinski definition) is 3. The van der Waals surface area contributed by atoms with E-state index in [0.717, 1.165) is 0 Å². The summed E-state index contributed by atoms with van der Waals surface area (Å²) < 4.78 is 0.602. The van der Waals surface area contributed by atoms with Gasteiger partial charge in [0.15, 0.2) is 0 Å². The van der Waals surface area contributed by atoms with Crippen molar-refractivity contribution in [2.45, 2.75) is 32.5 Å². The molecule has 0 spiro atoms. The average molecular weight is 292 g/mol. The van der Waals surface area contributed by atoms with Gasteiger partial charge in [0.2, 0.25) is 5.91 Å². The highest BCUT2D eigenvalue weighted by atomic mass is 35.5. The van der Waals surface area contributed by atoms with E-state index >= 15 is 0 Å². The van der Waals surface area contributed by atoms with E-state index in [4.69, 9.17) is 11.6 Å². The molecule has 0 aliphatic heterocycles. The topological polar surface area (TPSA) is 69.6 Å². The van der Waals surface area contributed by atoms with Crippen LogP contribution in [-0.2, 0) is 4.79 Å². The Morgan fingerprint density at radius 2 is 2.11 bits per heavy atom. The van der Waals surface area contributed by atoms with Gasteiger partial charge >= 0.3 is 0 Å². The Balaban J connectivity index is 2.34. The highest BCUT2D eigenvalue weighted by molar-refractivity contribution is 7.16. The largest absolute Gasteiger partial charge is 0.392 e. The van der Waals surface area contributed by atoms with Crippen LogP contribution in [0, 0.1) is 5.92 Å². The molecule has 0 saturated carbocycles. The number of carbonyl (C=O) groups excluding carboxylic acids is 1. The lowest BCUT2D eigenvalue weighted by atomic mass is 10.0. The van der Waals surface area contributed by atoms with Crippen LogP contribution in [0.4, 0.5) is 0 Å². The third-order valence-electron chi connectivity index (χ3n) is 2.58. The average Bonchev–Trinajstić information content (AvgIpc) is 2.72. The van der Waals surface area contributed by atoms with Crippen LogP contribution in [0.3, 0.4) is 0 Å². The molecule has 1 amide bonds. The third-order valence-corrected chi connectivity index (χ3v) is 3.91. The highest BCUT2D eigenvalue weighted by Gasteiger charge is 2.16. The summed E-state index contributed by atoms with van der Waals surface area (Å²) in [5.41, 5.74) is 0. The quantitative estimate of drug-likeness (QED) is 0.750. The number of halogens is 1. The predicted molar refractivity (Wildman–Crippen MR) is 72.8 cm³/mol. The van der Waals surface area contributed by atoms with Gasteiger partial charge in [-0.2, -0.15) is 0 Å². The summed E-state index contributed by atoms with van der Waals surface area (Å²) in [6.45, 7) is 3.82. The summed E-state index contributed by atoms with van der Waals surface area (Å²) >= 11 is 7.04. The molecule has 1 aromatic rings. The normalized spacial score (nSPS) is 14.6. The molecule has 102 valence electrons. The summed E-state index contributed by atoms with van der Waals surface area (Å²) in [5.74, 6) is -0.227. The molecule has 0 radical (unpaired) electrons. The smallest absolute Gasteiger partial charge is 0.222 e. The molecule has 1 heterocycles. The van der Waals surface area contributed by atoms with Crippen LogP contribution in [-0.4, -0.2) is 28.8 Å². The van der Waals surface area contributed by atoms with Crippen LogP contribution in [0.1, 0.15) is 31.2 Å². The second kappa shape index (κ2) is 7.09. The van der Waals surface area contributed by atoms with Gasteiger partial charge < -0.3 is 15.5 Å². The number of rotatable bonds is 6. The van der Waals surface area contributed by atoms with Crippen LogP contribution in [0.15, 0.2) is 12.1 Å². The number of nitrogens with one attached hydrogen (secondary N) is 1. The summed E-state index contributed by atoms with van der Waals surface area (Å²) in [5, 5.41) is 21.9. The van der Waals surface area contributed by atoms with Crippen molar-refractivity contribution in [3.8, 4) is 0 Å². The summed E-state index contributed by atoms with van der Waals surface area (Å²) in [4.78, 5) is 12.2. The molecule has 0 aromatic carbocycles. The molecule has 0 fully saturated rings. The zero-order valence-corrected chi connectivity index (χ0v) is 12.0. The van der Waals surface area contributed by atoms with Gasteiger partial charge in [-0.25, -0.2) is 0 Å². The number of hydrogen-bond acceptors (Lipinski definition) is 4. The summed E-state index contributed by atoms with van der Waals surface area (Å²) in [6.07, 6.45) is -1.36. The first kappa shape index (κ1) is 15.4. The minimum Gasteiger partial charge on any atom is -0.392 e. The molecule has 18 heavy (non-hydrogen) atoms. The van der Waals surface area contributed by atoms with E-state index in [1.807, 2.05) is 13.8 Å². The lowest BCUT2D eigenvalue weighted by Gasteiger charge is -2.15. The first-order valence-electron chi connectivity index (χ1n) is 5.78. The highest BCUT2D eigenvalue weighted by Crippen LogP contribution is 2.26. The van der Waals surface area contributed by atoms with E-state index < -0.39 is 12.2 Å². The molecule has 0 saturated heterocycles. The van der Waals surface area contributed by atoms with Crippen LogP contribution < -0.4 is 5.32 Å². The fraction of sp³-hybridized carbons (Fsp3) is 0.583. The van der Waals surface area contributed by atoms with Crippen molar-refractivity contribution < 1.29 is 15.0 Å². The number of thiophene rings is 1. The fourth-order valence-corrected chi connectivity index (χ4v) is 2.36. The zero-order valence-electron chi connectivity index (χ0n) is 10.4. The van der Waals surface area contributed by atoms with Gasteiger partial charge in [0.25, 0.3) is 0 Å². The van der Waals surface area contributed by atoms with E-state index in [0.29, 0.717) is 9.21 Å². The Morgan fingerprint density at radius 1 is 1.44 bits per heavy atom. The third kappa shape index (κ3) is 4.94. The van der Waals surface area contributed by atoms with Gasteiger partial charge in [0, 0.05) is 11.4 Å². The first-order valence-corrected chi connectivity index (χ1v) is 6.97. The molecule has 1 rings (SSSR count). The van der Waals surface area contributed by atoms with Gasteiger partial charge in [-0.1, -0.05) is 25.4 Å². The van der Waals surface area contributed by atoms with Gasteiger partial charge in [0.1, 0.15) is 6.10 Å². The molecular weight excluding hydrogens is 274 g/mol. The number of carbonyl (C=O) groups is 1. The van der Waals surface area contributed by atoms with Crippen molar-refractivity contribution in [1.29, 1.82) is 0 Å². The van der Waals surface area contributed by atoms with E-state index in [2.05, 4.69) is 5.32 Å². The molecule has 0 aliphatic rings. The van der Waals surface area contributed by atoms with Crippen molar-refractivity contribution in [3.05, 3.63) is 21.3 Å². The van der Waals surface area contributed by atoms with E-state index in [1.165, 1.54) is 11.3 Å². The molecule has 3 N–H and O–H groups in total. The van der Waals surface area contributed by atoms with E-state index in [-0.39, 0.29) is 24.8 Å². The molecule has 6 heteroatoms. The lowest BCUT2D eigenvalue weighted by Crippen LogP contribution is -2.32. The maximum absolute atomic E-state index is 11.5. The van der Waals surface area contributed by atoms with Gasteiger partial charge in [-0.05, 0) is 18.1 Å². The van der Waals surface area contributed by atoms with Crippen molar-refractivity contribution >= 4 is 28.8 Å². The van der Waals surface area contributed by atoms with Crippen LogP contribution in [0.2, 0.25) is 4.34 Å². The van der Waals surface area contributed by atoms with Crippen molar-refractivity contribution in [3.63, 3.8) is 0 Å². The standard InChI is InChI=1S/C12H18ClNO3S/c1-7(2)8(15)5-12(17)14-6-9(16)10-3-4-11(13)18-10/h3-4,7-9,15-16H,5-6H2,1-2H3,(H,14,17). The maximum Gasteiger partial charge on any atom is 0.222 e. The molecule has 2 unspecified atom stereocenters.